The molecule has 1 saturated heterocycles. The molecule has 1 fully saturated rings. The molecule has 3 rings (SSSR count). The van der Waals surface area contributed by atoms with Crippen LogP contribution < -0.4 is 5.32 Å². The van der Waals surface area contributed by atoms with Crippen LogP contribution in [-0.2, 0) is 15.8 Å². The molecular weight excluding hydrogens is 451 g/mol. The number of rotatable bonds is 8. The molecule has 1 heterocycles. The first kappa shape index (κ1) is 22.4. The van der Waals surface area contributed by atoms with Crippen molar-refractivity contribution in [1.29, 1.82) is 0 Å². The summed E-state index contributed by atoms with van der Waals surface area (Å²) in [7, 11) is -3.46. The van der Waals surface area contributed by atoms with Crippen molar-refractivity contribution in [1.82, 2.24) is 9.62 Å². The van der Waals surface area contributed by atoms with Gasteiger partial charge in [0.15, 0.2) is 0 Å². The first-order valence-corrected chi connectivity index (χ1v) is 12.6. The van der Waals surface area contributed by atoms with Gasteiger partial charge in [0.25, 0.3) is 5.91 Å². The first-order chi connectivity index (χ1) is 13.9. The minimum atomic E-state index is -3.46. The Balaban J connectivity index is 1.47. The van der Waals surface area contributed by atoms with Gasteiger partial charge in [0, 0.05) is 46.7 Å². The van der Waals surface area contributed by atoms with Gasteiger partial charge in [0.05, 0.1) is 4.90 Å². The summed E-state index contributed by atoms with van der Waals surface area (Å²) in [6, 6.07) is 11.5. The van der Waals surface area contributed by atoms with Gasteiger partial charge in [-0.1, -0.05) is 29.3 Å². The summed E-state index contributed by atoms with van der Waals surface area (Å²) in [4.78, 5) is 12.5. The monoisotopic (exact) mass is 472 g/mol. The SMILES string of the molecule is O=C(NCCSCc1c(Cl)cccc1Cl)c1ccc(S(=O)(=O)N2CCCC2)cc1. The van der Waals surface area contributed by atoms with Crippen LogP contribution in [0.4, 0.5) is 0 Å². The molecule has 1 aliphatic rings. The van der Waals surface area contributed by atoms with Crippen LogP contribution in [0.5, 0.6) is 0 Å². The van der Waals surface area contributed by atoms with Gasteiger partial charge in [-0.15, -0.1) is 0 Å². The molecule has 0 aliphatic carbocycles. The molecule has 1 N–H and O–H groups in total. The van der Waals surface area contributed by atoms with E-state index >= 15 is 0 Å². The summed E-state index contributed by atoms with van der Waals surface area (Å²) in [6.07, 6.45) is 1.78. The van der Waals surface area contributed by atoms with Gasteiger partial charge < -0.3 is 5.32 Å². The van der Waals surface area contributed by atoms with Gasteiger partial charge >= 0.3 is 0 Å². The highest BCUT2D eigenvalue weighted by Crippen LogP contribution is 2.28. The van der Waals surface area contributed by atoms with Crippen LogP contribution in [0.15, 0.2) is 47.4 Å². The van der Waals surface area contributed by atoms with Gasteiger partial charge in [-0.05, 0) is 54.8 Å². The zero-order valence-corrected chi connectivity index (χ0v) is 18.9. The standard InChI is InChI=1S/C20H22Cl2N2O3S2/c21-18-4-3-5-19(22)17(18)14-28-13-10-23-20(25)15-6-8-16(9-7-15)29(26,27)24-11-1-2-12-24/h3-9H,1-2,10-14H2,(H,23,25). The molecule has 156 valence electrons. The Bertz CT molecular complexity index is 940. The van der Waals surface area contributed by atoms with E-state index in [0.29, 0.717) is 46.7 Å². The number of amides is 1. The lowest BCUT2D eigenvalue weighted by Crippen LogP contribution is -2.28. The van der Waals surface area contributed by atoms with Crippen LogP contribution in [0, 0.1) is 0 Å². The van der Waals surface area contributed by atoms with Gasteiger partial charge in [-0.3, -0.25) is 4.79 Å². The number of thioether (sulfide) groups is 1. The topological polar surface area (TPSA) is 66.5 Å². The van der Waals surface area contributed by atoms with Gasteiger partial charge in [-0.25, -0.2) is 8.42 Å². The van der Waals surface area contributed by atoms with Crippen LogP contribution in [-0.4, -0.2) is 44.0 Å². The van der Waals surface area contributed by atoms with E-state index in [9.17, 15) is 13.2 Å². The van der Waals surface area contributed by atoms with Crippen LogP contribution in [0.3, 0.4) is 0 Å². The molecule has 1 aliphatic heterocycles. The van der Waals surface area contributed by atoms with Crippen molar-refractivity contribution in [3.8, 4) is 0 Å². The molecule has 0 bridgehead atoms. The van der Waals surface area contributed by atoms with Crippen LogP contribution >= 0.6 is 35.0 Å². The number of benzene rings is 2. The summed E-state index contributed by atoms with van der Waals surface area (Å²) in [6.45, 7) is 1.60. The minimum Gasteiger partial charge on any atom is -0.351 e. The molecule has 2 aromatic carbocycles. The second-order valence-corrected chi connectivity index (χ2v) is 10.5. The third-order valence-corrected chi connectivity index (χ3v) is 8.27. The molecule has 9 heteroatoms. The summed E-state index contributed by atoms with van der Waals surface area (Å²) in [5, 5.41) is 4.12. The van der Waals surface area contributed by atoms with E-state index in [0.717, 1.165) is 18.4 Å². The molecule has 0 atom stereocenters. The second kappa shape index (κ2) is 10.2. The highest BCUT2D eigenvalue weighted by atomic mass is 35.5. The predicted octanol–water partition coefficient (Wildman–Crippen LogP) is 4.44. The molecule has 0 saturated carbocycles. The van der Waals surface area contributed by atoms with Crippen molar-refractivity contribution >= 4 is 50.9 Å². The van der Waals surface area contributed by atoms with Crippen molar-refractivity contribution in [3.63, 3.8) is 0 Å². The third-order valence-electron chi connectivity index (χ3n) is 4.66. The lowest BCUT2D eigenvalue weighted by Gasteiger charge is -2.15. The number of hydrogen-bond donors (Lipinski definition) is 1. The Morgan fingerprint density at radius 2 is 1.66 bits per heavy atom. The van der Waals surface area contributed by atoms with E-state index in [2.05, 4.69) is 5.32 Å². The summed E-state index contributed by atoms with van der Waals surface area (Å²) in [5.41, 5.74) is 1.33. The number of hydrogen-bond acceptors (Lipinski definition) is 4. The van der Waals surface area contributed by atoms with Crippen LogP contribution in [0.1, 0.15) is 28.8 Å². The van der Waals surface area contributed by atoms with Crippen molar-refractivity contribution in [2.75, 3.05) is 25.4 Å². The Labute approximate surface area is 185 Å². The molecule has 0 radical (unpaired) electrons. The molecule has 2 aromatic rings. The summed E-state index contributed by atoms with van der Waals surface area (Å²) < 4.78 is 26.5. The molecule has 5 nitrogen and oxygen atoms in total. The number of carbonyl (C=O) groups excluding carboxylic acids is 1. The average Bonchev–Trinajstić information content (AvgIpc) is 3.25. The van der Waals surface area contributed by atoms with Crippen molar-refractivity contribution in [2.45, 2.75) is 23.5 Å². The maximum atomic E-state index is 12.5. The highest BCUT2D eigenvalue weighted by molar-refractivity contribution is 7.98. The average molecular weight is 473 g/mol. The van der Waals surface area contributed by atoms with Crippen molar-refractivity contribution < 1.29 is 13.2 Å². The Kier molecular flexibility index (Phi) is 7.87. The maximum Gasteiger partial charge on any atom is 0.251 e. The van der Waals surface area contributed by atoms with E-state index in [-0.39, 0.29) is 10.8 Å². The van der Waals surface area contributed by atoms with E-state index in [4.69, 9.17) is 23.2 Å². The highest BCUT2D eigenvalue weighted by Gasteiger charge is 2.27. The van der Waals surface area contributed by atoms with Gasteiger partial charge in [0.2, 0.25) is 10.0 Å². The lowest BCUT2D eigenvalue weighted by molar-refractivity contribution is 0.0956. The minimum absolute atomic E-state index is 0.225. The number of halogens is 2. The zero-order chi connectivity index (χ0) is 20.9. The number of sulfonamides is 1. The van der Waals surface area contributed by atoms with E-state index in [1.54, 1.807) is 42.1 Å². The Hall–Kier alpha value is -1.25. The number of nitrogens with zero attached hydrogens (tertiary/aromatic N) is 1. The van der Waals surface area contributed by atoms with E-state index in [1.165, 1.54) is 16.4 Å². The molecule has 0 spiro atoms. The fraction of sp³-hybridized carbons (Fsp3) is 0.350. The Morgan fingerprint density at radius 3 is 2.28 bits per heavy atom. The fourth-order valence-electron chi connectivity index (χ4n) is 3.04. The van der Waals surface area contributed by atoms with Crippen molar-refractivity contribution in [3.05, 3.63) is 63.6 Å². The normalized spacial score (nSPS) is 14.8. The molecule has 29 heavy (non-hydrogen) atoms. The number of carbonyl (C=O) groups is 1. The van der Waals surface area contributed by atoms with E-state index in [1.807, 2.05) is 0 Å². The van der Waals surface area contributed by atoms with E-state index < -0.39 is 10.0 Å². The first-order valence-electron chi connectivity index (χ1n) is 9.28. The molecule has 0 unspecified atom stereocenters. The van der Waals surface area contributed by atoms with Crippen LogP contribution in [0.2, 0.25) is 10.0 Å². The maximum absolute atomic E-state index is 12.5. The Morgan fingerprint density at radius 1 is 1.03 bits per heavy atom. The summed E-state index contributed by atoms with van der Waals surface area (Å²) >= 11 is 13.9. The second-order valence-electron chi connectivity index (χ2n) is 6.64. The predicted molar refractivity (Wildman–Crippen MR) is 119 cm³/mol. The molecule has 1 amide bonds. The molecule has 0 aromatic heterocycles. The van der Waals surface area contributed by atoms with Crippen LogP contribution in [0.25, 0.3) is 0 Å². The van der Waals surface area contributed by atoms with Gasteiger partial charge in [0.1, 0.15) is 0 Å². The van der Waals surface area contributed by atoms with Gasteiger partial charge in [-0.2, -0.15) is 16.1 Å². The molecular formula is C20H22Cl2N2O3S2. The van der Waals surface area contributed by atoms with Crippen molar-refractivity contribution in [2.24, 2.45) is 0 Å². The smallest absolute Gasteiger partial charge is 0.251 e. The zero-order valence-electron chi connectivity index (χ0n) is 15.7. The number of nitrogens with one attached hydrogen (secondary N) is 1. The fourth-order valence-corrected chi connectivity index (χ4v) is 6.15. The lowest BCUT2D eigenvalue weighted by atomic mass is 10.2. The largest absolute Gasteiger partial charge is 0.351 e. The quantitative estimate of drug-likeness (QED) is 0.576. The summed E-state index contributed by atoms with van der Waals surface area (Å²) in [5.74, 6) is 1.14. The third kappa shape index (κ3) is 5.67.